The molecule has 2 aromatic rings. The van der Waals surface area contributed by atoms with Gasteiger partial charge in [-0.3, -0.25) is 9.79 Å². The Balaban J connectivity index is 1.44. The van der Waals surface area contributed by atoms with Crippen LogP contribution in [0, 0.1) is 5.92 Å². The van der Waals surface area contributed by atoms with Crippen LogP contribution in [-0.4, -0.2) is 56.3 Å². The number of amides is 1. The number of hydrogen-bond donors (Lipinski definition) is 1. The van der Waals surface area contributed by atoms with E-state index in [1.165, 1.54) is 17.8 Å². The molecule has 2 aromatic heterocycles. The van der Waals surface area contributed by atoms with Crippen molar-refractivity contribution in [3.8, 4) is 0 Å². The molecule has 4 rings (SSSR count). The first-order valence-electron chi connectivity index (χ1n) is 8.44. The van der Waals surface area contributed by atoms with Crippen molar-refractivity contribution in [3.63, 3.8) is 0 Å². The van der Waals surface area contributed by atoms with E-state index >= 15 is 0 Å². The molecule has 1 saturated heterocycles. The highest BCUT2D eigenvalue weighted by Crippen LogP contribution is 2.28. The van der Waals surface area contributed by atoms with Crippen molar-refractivity contribution in [1.29, 1.82) is 0 Å². The Morgan fingerprint density at radius 1 is 1.22 bits per heavy atom. The molecular formula is C15H16F3N7OS. The normalized spacial score (nSPS) is 18.8. The van der Waals surface area contributed by atoms with Gasteiger partial charge in [0.05, 0.1) is 6.54 Å². The molecular weight excluding hydrogens is 383 g/mol. The average Bonchev–Trinajstić information content (AvgIpc) is 3.30. The second-order valence-corrected chi connectivity index (χ2v) is 7.35. The van der Waals surface area contributed by atoms with Crippen LogP contribution in [0.2, 0.25) is 0 Å². The minimum Gasteiger partial charge on any atom is -0.355 e. The van der Waals surface area contributed by atoms with Gasteiger partial charge in [0.1, 0.15) is 5.82 Å². The summed E-state index contributed by atoms with van der Waals surface area (Å²) in [7, 11) is 0. The monoisotopic (exact) mass is 399 g/mol. The van der Waals surface area contributed by atoms with Crippen LogP contribution in [0.1, 0.15) is 18.7 Å². The lowest BCUT2D eigenvalue weighted by atomic mass is 9.96. The summed E-state index contributed by atoms with van der Waals surface area (Å²) in [5.74, 6) is -0.0599. The van der Waals surface area contributed by atoms with E-state index < -0.39 is 12.0 Å². The number of amidine groups is 1. The Labute approximate surface area is 156 Å². The van der Waals surface area contributed by atoms with Gasteiger partial charge in [0, 0.05) is 24.8 Å². The van der Waals surface area contributed by atoms with Crippen molar-refractivity contribution in [1.82, 2.24) is 25.1 Å². The van der Waals surface area contributed by atoms with Gasteiger partial charge in [-0.1, -0.05) is 11.8 Å². The number of hydrogen-bond acceptors (Lipinski definition) is 7. The summed E-state index contributed by atoms with van der Waals surface area (Å²) in [5, 5.41) is 14.2. The minimum absolute atomic E-state index is 0.0372. The molecule has 0 spiro atoms. The van der Waals surface area contributed by atoms with Gasteiger partial charge in [-0.25, -0.2) is 0 Å². The zero-order valence-electron chi connectivity index (χ0n) is 14.1. The number of rotatable bonds is 2. The number of carbonyl (C=O) groups is 1. The van der Waals surface area contributed by atoms with Crippen LogP contribution >= 0.6 is 11.8 Å². The topological polar surface area (TPSA) is 87.8 Å². The van der Waals surface area contributed by atoms with Crippen molar-refractivity contribution in [3.05, 3.63) is 18.0 Å². The molecule has 8 nitrogen and oxygen atoms in total. The number of thioether (sulfide) groups is 1. The molecule has 0 radical (unpaired) electrons. The third-order valence-electron chi connectivity index (χ3n) is 4.51. The lowest BCUT2D eigenvalue weighted by molar-refractivity contribution is -0.146. The summed E-state index contributed by atoms with van der Waals surface area (Å²) in [6.07, 6.45) is -3.44. The lowest BCUT2D eigenvalue weighted by Gasteiger charge is -2.31. The molecule has 2 aliphatic heterocycles. The Morgan fingerprint density at radius 2 is 2.00 bits per heavy atom. The fourth-order valence-corrected chi connectivity index (χ4v) is 3.84. The summed E-state index contributed by atoms with van der Waals surface area (Å²) in [6, 6.07) is 3.08. The van der Waals surface area contributed by atoms with Gasteiger partial charge < -0.3 is 10.2 Å². The van der Waals surface area contributed by atoms with E-state index in [-0.39, 0.29) is 17.5 Å². The van der Waals surface area contributed by atoms with Crippen LogP contribution in [0.15, 0.2) is 17.1 Å². The summed E-state index contributed by atoms with van der Waals surface area (Å²) < 4.78 is 39.7. The number of halogens is 3. The number of nitrogens with zero attached hydrogens (tertiary/aromatic N) is 6. The largest absolute Gasteiger partial charge is 0.453 e. The highest BCUT2D eigenvalue weighted by molar-refractivity contribution is 8.14. The number of alkyl halides is 3. The predicted octanol–water partition coefficient (Wildman–Crippen LogP) is 1.58. The lowest BCUT2D eigenvalue weighted by Crippen LogP contribution is -2.42. The van der Waals surface area contributed by atoms with E-state index in [9.17, 15) is 18.0 Å². The number of fused-ring (bicyclic) bond motifs is 1. The summed E-state index contributed by atoms with van der Waals surface area (Å²) in [6.45, 7) is 1.77. The predicted molar refractivity (Wildman–Crippen MR) is 93.6 cm³/mol. The molecule has 27 heavy (non-hydrogen) atoms. The van der Waals surface area contributed by atoms with Crippen LogP contribution < -0.4 is 10.2 Å². The van der Waals surface area contributed by atoms with Crippen molar-refractivity contribution in [2.45, 2.75) is 19.0 Å². The van der Waals surface area contributed by atoms with Gasteiger partial charge >= 0.3 is 6.18 Å². The van der Waals surface area contributed by atoms with Crippen molar-refractivity contribution in [2.75, 3.05) is 30.3 Å². The molecule has 4 heterocycles. The van der Waals surface area contributed by atoms with Gasteiger partial charge in [0.25, 0.3) is 5.82 Å². The molecule has 0 unspecified atom stereocenters. The van der Waals surface area contributed by atoms with Gasteiger partial charge in [-0.05, 0) is 25.0 Å². The number of anilines is 1. The fourth-order valence-electron chi connectivity index (χ4n) is 3.11. The number of aliphatic imine (C=N–C) groups is 1. The Morgan fingerprint density at radius 3 is 2.67 bits per heavy atom. The van der Waals surface area contributed by atoms with Gasteiger partial charge in [-0.15, -0.1) is 15.3 Å². The Kier molecular flexibility index (Phi) is 4.66. The highest BCUT2D eigenvalue weighted by Gasteiger charge is 2.38. The van der Waals surface area contributed by atoms with Crippen molar-refractivity contribution in [2.24, 2.45) is 10.9 Å². The standard InChI is InChI=1S/C15H16F3N7OS/c16-15(17,18)13-22-21-10-1-2-11(23-25(10)13)24-6-3-9(4-7-24)12(26)20-14-19-5-8-27-14/h1-2,9H,3-8H2,(H,19,20,26). The second kappa shape index (κ2) is 6.98. The van der Waals surface area contributed by atoms with E-state index in [1.807, 2.05) is 4.90 Å². The minimum atomic E-state index is -4.63. The molecule has 2 aliphatic rings. The summed E-state index contributed by atoms with van der Waals surface area (Å²) in [4.78, 5) is 18.4. The van der Waals surface area contributed by atoms with Crippen LogP contribution in [0.25, 0.3) is 5.65 Å². The summed E-state index contributed by atoms with van der Waals surface area (Å²) >= 11 is 1.53. The Hall–Kier alpha value is -2.37. The average molecular weight is 399 g/mol. The van der Waals surface area contributed by atoms with Gasteiger partial charge in [0.15, 0.2) is 10.8 Å². The smallest absolute Gasteiger partial charge is 0.355 e. The number of piperidine rings is 1. The SMILES string of the molecule is O=C(NC1=NCCS1)C1CCN(c2ccc3nnc(C(F)(F)F)n3n2)CC1. The van der Waals surface area contributed by atoms with Crippen LogP contribution in [0.4, 0.5) is 19.0 Å². The Bertz CT molecular complexity index is 889. The quantitative estimate of drug-likeness (QED) is 0.825. The van der Waals surface area contributed by atoms with E-state index in [0.717, 1.165) is 12.3 Å². The van der Waals surface area contributed by atoms with Gasteiger partial charge in [0.2, 0.25) is 5.91 Å². The molecule has 0 bridgehead atoms. The molecule has 1 fully saturated rings. The van der Waals surface area contributed by atoms with Gasteiger partial charge in [-0.2, -0.15) is 17.7 Å². The maximum atomic E-state index is 13.0. The molecule has 1 N–H and O–H groups in total. The number of nitrogens with one attached hydrogen (secondary N) is 1. The maximum absolute atomic E-state index is 13.0. The zero-order valence-corrected chi connectivity index (χ0v) is 14.9. The summed E-state index contributed by atoms with van der Waals surface area (Å²) in [5.41, 5.74) is 0.0372. The third-order valence-corrected chi connectivity index (χ3v) is 5.40. The van der Waals surface area contributed by atoms with Crippen LogP contribution in [0.3, 0.4) is 0 Å². The molecule has 0 aliphatic carbocycles. The zero-order chi connectivity index (χ0) is 19.0. The number of aromatic nitrogens is 4. The van der Waals surface area contributed by atoms with Crippen molar-refractivity contribution < 1.29 is 18.0 Å². The first-order valence-corrected chi connectivity index (χ1v) is 9.43. The van der Waals surface area contributed by atoms with E-state index in [1.54, 1.807) is 6.07 Å². The molecule has 144 valence electrons. The molecule has 0 atom stereocenters. The highest BCUT2D eigenvalue weighted by atomic mass is 32.2. The first kappa shape index (κ1) is 18.0. The number of carbonyl (C=O) groups excluding carboxylic acids is 1. The fraction of sp³-hybridized carbons (Fsp3) is 0.533. The molecule has 0 aromatic carbocycles. The van der Waals surface area contributed by atoms with E-state index in [0.29, 0.717) is 41.4 Å². The molecule has 12 heteroatoms. The third kappa shape index (κ3) is 3.70. The van der Waals surface area contributed by atoms with Crippen LogP contribution in [0.5, 0.6) is 0 Å². The molecule has 1 amide bonds. The second-order valence-electron chi connectivity index (χ2n) is 6.27. The maximum Gasteiger partial charge on any atom is 0.453 e. The first-order chi connectivity index (χ1) is 12.9. The van der Waals surface area contributed by atoms with Crippen LogP contribution in [-0.2, 0) is 11.0 Å². The van der Waals surface area contributed by atoms with E-state index in [4.69, 9.17) is 0 Å². The van der Waals surface area contributed by atoms with Crippen molar-refractivity contribution >= 4 is 34.3 Å². The van der Waals surface area contributed by atoms with E-state index in [2.05, 4.69) is 25.6 Å². The molecule has 0 saturated carbocycles.